The molecular weight excluding hydrogens is 392 g/mol. The zero-order chi connectivity index (χ0) is 21.4. The standard InChI is InChI=1S/C23H31ClO5/c1-16-11-18(7-10-22(16)29-14-19(25)12-24)23(2,3)17-5-8-21(9-6-17)28-15-20(26)13-27-4/h5-11,19-20,25-26H,12-15H2,1-4H3/t19-,20-/m0/s1. The highest BCUT2D eigenvalue weighted by molar-refractivity contribution is 6.18. The molecule has 2 aromatic rings. The molecule has 0 spiro atoms. The van der Waals surface area contributed by atoms with Crippen LogP contribution in [-0.2, 0) is 10.2 Å². The average molecular weight is 423 g/mol. The van der Waals surface area contributed by atoms with Crippen LogP contribution in [0, 0.1) is 6.92 Å². The fourth-order valence-corrected chi connectivity index (χ4v) is 3.09. The number of aryl methyl sites for hydroxylation is 1. The van der Waals surface area contributed by atoms with Gasteiger partial charge in [-0.3, -0.25) is 0 Å². The number of aliphatic hydroxyl groups is 2. The number of hydrogen-bond acceptors (Lipinski definition) is 5. The number of halogens is 1. The minimum Gasteiger partial charge on any atom is -0.491 e. The van der Waals surface area contributed by atoms with Crippen molar-refractivity contribution >= 4 is 11.6 Å². The van der Waals surface area contributed by atoms with Crippen LogP contribution in [0.1, 0.15) is 30.5 Å². The van der Waals surface area contributed by atoms with Gasteiger partial charge in [0, 0.05) is 12.5 Å². The lowest BCUT2D eigenvalue weighted by atomic mass is 9.77. The van der Waals surface area contributed by atoms with Gasteiger partial charge in [-0.25, -0.2) is 0 Å². The molecule has 0 aliphatic rings. The average Bonchev–Trinajstić information content (AvgIpc) is 2.71. The summed E-state index contributed by atoms with van der Waals surface area (Å²) in [6.07, 6.45) is -1.33. The second kappa shape index (κ2) is 10.8. The summed E-state index contributed by atoms with van der Waals surface area (Å²) >= 11 is 5.61. The van der Waals surface area contributed by atoms with Gasteiger partial charge in [0.15, 0.2) is 0 Å². The molecule has 0 saturated carbocycles. The first-order valence-electron chi connectivity index (χ1n) is 9.66. The van der Waals surface area contributed by atoms with E-state index in [2.05, 4.69) is 19.9 Å². The van der Waals surface area contributed by atoms with Crippen molar-refractivity contribution < 1.29 is 24.4 Å². The molecule has 0 aromatic heterocycles. The van der Waals surface area contributed by atoms with Crippen LogP contribution < -0.4 is 9.47 Å². The predicted octanol–water partition coefficient (Wildman–Crippen LogP) is 3.69. The molecule has 5 nitrogen and oxygen atoms in total. The molecule has 0 saturated heterocycles. The molecule has 2 atom stereocenters. The summed E-state index contributed by atoms with van der Waals surface area (Å²) in [7, 11) is 1.55. The van der Waals surface area contributed by atoms with Crippen molar-refractivity contribution in [1.82, 2.24) is 0 Å². The molecule has 0 radical (unpaired) electrons. The maximum Gasteiger partial charge on any atom is 0.122 e. The highest BCUT2D eigenvalue weighted by atomic mass is 35.5. The van der Waals surface area contributed by atoms with E-state index in [-0.39, 0.29) is 31.1 Å². The Morgan fingerprint density at radius 2 is 1.52 bits per heavy atom. The Balaban J connectivity index is 2.08. The Labute approximate surface area is 178 Å². The van der Waals surface area contributed by atoms with E-state index in [1.54, 1.807) is 7.11 Å². The number of hydrogen-bond donors (Lipinski definition) is 2. The third-order valence-electron chi connectivity index (χ3n) is 4.88. The smallest absolute Gasteiger partial charge is 0.122 e. The Bertz CT molecular complexity index is 760. The number of ether oxygens (including phenoxy) is 3. The van der Waals surface area contributed by atoms with E-state index in [0.717, 1.165) is 22.4 Å². The van der Waals surface area contributed by atoms with Gasteiger partial charge in [0.2, 0.25) is 0 Å². The van der Waals surface area contributed by atoms with Gasteiger partial charge in [-0.15, -0.1) is 11.6 Å². The van der Waals surface area contributed by atoms with Crippen LogP contribution in [0.25, 0.3) is 0 Å². The molecule has 2 rings (SSSR count). The summed E-state index contributed by atoms with van der Waals surface area (Å²) in [5.74, 6) is 1.60. The summed E-state index contributed by atoms with van der Waals surface area (Å²) in [4.78, 5) is 0. The van der Waals surface area contributed by atoms with E-state index in [9.17, 15) is 10.2 Å². The third kappa shape index (κ3) is 6.61. The lowest BCUT2D eigenvalue weighted by Crippen LogP contribution is -2.23. The molecule has 0 bridgehead atoms. The molecule has 0 heterocycles. The van der Waals surface area contributed by atoms with Gasteiger partial charge in [-0.05, 0) is 41.8 Å². The van der Waals surface area contributed by atoms with Crippen LogP contribution in [0.5, 0.6) is 11.5 Å². The monoisotopic (exact) mass is 422 g/mol. The van der Waals surface area contributed by atoms with Gasteiger partial charge >= 0.3 is 0 Å². The molecule has 0 aliphatic carbocycles. The Kier molecular flexibility index (Phi) is 8.78. The van der Waals surface area contributed by atoms with Crippen molar-refractivity contribution in [1.29, 1.82) is 0 Å². The summed E-state index contributed by atoms with van der Waals surface area (Å²) in [5, 5.41) is 19.3. The van der Waals surface area contributed by atoms with E-state index in [4.69, 9.17) is 25.8 Å². The molecule has 0 aliphatic heterocycles. The second-order valence-electron chi connectivity index (χ2n) is 7.67. The zero-order valence-corrected chi connectivity index (χ0v) is 18.3. The van der Waals surface area contributed by atoms with Crippen LogP contribution in [0.3, 0.4) is 0 Å². The van der Waals surface area contributed by atoms with Crippen LogP contribution >= 0.6 is 11.6 Å². The van der Waals surface area contributed by atoms with Crippen LogP contribution in [0.2, 0.25) is 0 Å². The molecule has 2 N–H and O–H groups in total. The van der Waals surface area contributed by atoms with E-state index < -0.39 is 12.2 Å². The number of rotatable bonds is 11. The van der Waals surface area contributed by atoms with Gasteiger partial charge in [0.25, 0.3) is 0 Å². The minimum atomic E-state index is -0.677. The van der Waals surface area contributed by atoms with Crippen LogP contribution in [0.4, 0.5) is 0 Å². The molecule has 0 fully saturated rings. The van der Waals surface area contributed by atoms with E-state index in [1.807, 2.05) is 43.3 Å². The normalized spacial score (nSPS) is 13.8. The largest absolute Gasteiger partial charge is 0.491 e. The van der Waals surface area contributed by atoms with Gasteiger partial charge in [0.1, 0.15) is 36.9 Å². The highest BCUT2D eigenvalue weighted by Crippen LogP contribution is 2.34. The fraction of sp³-hybridized carbons (Fsp3) is 0.478. The fourth-order valence-electron chi connectivity index (χ4n) is 3.00. The molecule has 160 valence electrons. The van der Waals surface area contributed by atoms with Gasteiger partial charge in [-0.2, -0.15) is 0 Å². The summed E-state index contributed by atoms with van der Waals surface area (Å²) in [6.45, 7) is 6.93. The Morgan fingerprint density at radius 3 is 2.10 bits per heavy atom. The SMILES string of the molecule is COC[C@H](O)COc1ccc(C(C)(C)c2ccc(OC[C@@H](O)CCl)c(C)c2)cc1. The van der Waals surface area contributed by atoms with E-state index in [0.29, 0.717) is 5.75 Å². The van der Waals surface area contributed by atoms with Crippen molar-refractivity contribution in [3.05, 3.63) is 59.2 Å². The zero-order valence-electron chi connectivity index (χ0n) is 17.5. The Morgan fingerprint density at radius 1 is 0.897 bits per heavy atom. The summed E-state index contributed by atoms with van der Waals surface area (Å²) in [5.41, 5.74) is 3.09. The first-order valence-corrected chi connectivity index (χ1v) is 10.2. The van der Waals surface area contributed by atoms with Crippen molar-refractivity contribution in [2.45, 2.75) is 38.4 Å². The topological polar surface area (TPSA) is 68.2 Å². The molecule has 0 amide bonds. The second-order valence-corrected chi connectivity index (χ2v) is 7.98. The van der Waals surface area contributed by atoms with Gasteiger partial charge in [-0.1, -0.05) is 38.1 Å². The number of benzene rings is 2. The van der Waals surface area contributed by atoms with Crippen LogP contribution in [0.15, 0.2) is 42.5 Å². The minimum absolute atomic E-state index is 0.148. The maximum atomic E-state index is 9.69. The third-order valence-corrected chi connectivity index (χ3v) is 5.24. The maximum absolute atomic E-state index is 9.69. The first kappa shape index (κ1) is 23.5. The number of methoxy groups -OCH3 is 1. The van der Waals surface area contributed by atoms with E-state index in [1.165, 1.54) is 0 Å². The lowest BCUT2D eigenvalue weighted by Gasteiger charge is -2.27. The molecule has 2 aromatic carbocycles. The number of aliphatic hydroxyl groups excluding tert-OH is 2. The van der Waals surface area contributed by atoms with Gasteiger partial charge < -0.3 is 24.4 Å². The van der Waals surface area contributed by atoms with Crippen molar-refractivity contribution in [3.63, 3.8) is 0 Å². The van der Waals surface area contributed by atoms with Crippen molar-refractivity contribution in [2.24, 2.45) is 0 Å². The molecule has 29 heavy (non-hydrogen) atoms. The van der Waals surface area contributed by atoms with Crippen molar-refractivity contribution in [3.8, 4) is 11.5 Å². The van der Waals surface area contributed by atoms with Crippen molar-refractivity contribution in [2.75, 3.05) is 32.8 Å². The lowest BCUT2D eigenvalue weighted by molar-refractivity contribution is 0.0325. The molecular formula is C23H31ClO5. The molecule has 6 heteroatoms. The quantitative estimate of drug-likeness (QED) is 0.540. The van der Waals surface area contributed by atoms with Gasteiger partial charge in [0.05, 0.1) is 12.5 Å². The first-order chi connectivity index (χ1) is 13.8. The molecule has 0 unspecified atom stereocenters. The summed E-state index contributed by atoms with van der Waals surface area (Å²) in [6, 6.07) is 14.0. The van der Waals surface area contributed by atoms with Crippen LogP contribution in [-0.4, -0.2) is 55.2 Å². The summed E-state index contributed by atoms with van der Waals surface area (Å²) < 4.78 is 16.2. The van der Waals surface area contributed by atoms with E-state index >= 15 is 0 Å². The Hall–Kier alpha value is -1.79. The highest BCUT2D eigenvalue weighted by Gasteiger charge is 2.24. The number of alkyl halides is 1. The predicted molar refractivity (Wildman–Crippen MR) is 115 cm³/mol.